The van der Waals surface area contributed by atoms with E-state index in [0.29, 0.717) is 23.3 Å². The molecule has 1 N–H and O–H groups in total. The summed E-state index contributed by atoms with van der Waals surface area (Å²) in [7, 11) is 1.79. The van der Waals surface area contributed by atoms with Crippen molar-refractivity contribution in [3.8, 4) is 11.6 Å². The van der Waals surface area contributed by atoms with Gasteiger partial charge in [0.25, 0.3) is 0 Å². The Balaban J connectivity index is 2.34. The van der Waals surface area contributed by atoms with Crippen molar-refractivity contribution in [2.45, 2.75) is 26.7 Å². The molecule has 0 fully saturated rings. The third-order valence-electron chi connectivity index (χ3n) is 2.84. The molecule has 0 atom stereocenters. The first kappa shape index (κ1) is 14.2. The lowest BCUT2D eigenvalue weighted by atomic mass is 10.2. The Morgan fingerprint density at radius 3 is 2.55 bits per heavy atom. The second kappa shape index (κ2) is 5.86. The second-order valence-electron chi connectivity index (χ2n) is 4.87. The molecule has 0 aliphatic heterocycles. The van der Waals surface area contributed by atoms with Gasteiger partial charge in [-0.15, -0.1) is 0 Å². The molecule has 0 spiro atoms. The smallest absolute Gasteiger partial charge is 0.224 e. The molecule has 0 radical (unpaired) electrons. The zero-order valence-corrected chi connectivity index (χ0v) is 12.1. The number of hydrogen-bond acceptors (Lipinski definition) is 4. The summed E-state index contributed by atoms with van der Waals surface area (Å²) < 4.78 is 18.8. The number of hydrogen-bond donors (Lipinski definition) is 1. The average Bonchev–Trinajstić information content (AvgIpc) is 2.41. The molecule has 0 bridgehead atoms. The molecule has 20 heavy (non-hydrogen) atoms. The van der Waals surface area contributed by atoms with Crippen LogP contribution in [0.4, 0.5) is 10.2 Å². The van der Waals surface area contributed by atoms with E-state index in [2.05, 4.69) is 15.3 Å². The van der Waals surface area contributed by atoms with Gasteiger partial charge in [-0.2, -0.15) is 4.98 Å². The molecular weight excluding hydrogens is 257 g/mol. The molecule has 1 aromatic heterocycles. The molecule has 0 amide bonds. The number of aromatic nitrogens is 2. The van der Waals surface area contributed by atoms with Gasteiger partial charge in [-0.1, -0.05) is 13.8 Å². The summed E-state index contributed by atoms with van der Waals surface area (Å²) in [6.45, 7) is 5.82. The molecule has 0 unspecified atom stereocenters. The van der Waals surface area contributed by atoms with Crippen molar-refractivity contribution < 1.29 is 9.13 Å². The number of nitrogens with zero attached hydrogens (tertiary/aromatic N) is 2. The lowest BCUT2D eigenvalue weighted by molar-refractivity contribution is 0.452. The zero-order chi connectivity index (χ0) is 14.7. The Morgan fingerprint density at radius 1 is 1.20 bits per heavy atom. The van der Waals surface area contributed by atoms with Gasteiger partial charge in [0.1, 0.15) is 23.2 Å². The van der Waals surface area contributed by atoms with Gasteiger partial charge in [0, 0.05) is 19.0 Å². The molecule has 2 aromatic rings. The quantitative estimate of drug-likeness (QED) is 0.919. The summed E-state index contributed by atoms with van der Waals surface area (Å²) in [5.41, 5.74) is 0.723. The van der Waals surface area contributed by atoms with E-state index >= 15 is 0 Å². The van der Waals surface area contributed by atoms with Crippen LogP contribution in [0.1, 0.15) is 31.2 Å². The van der Waals surface area contributed by atoms with Crippen LogP contribution in [0.25, 0.3) is 0 Å². The zero-order valence-electron chi connectivity index (χ0n) is 12.1. The summed E-state index contributed by atoms with van der Waals surface area (Å²) in [5.74, 6) is 2.34. The highest BCUT2D eigenvalue weighted by atomic mass is 19.1. The van der Waals surface area contributed by atoms with Gasteiger partial charge in [-0.25, -0.2) is 9.37 Å². The fourth-order valence-electron chi connectivity index (χ4n) is 1.72. The highest BCUT2D eigenvalue weighted by Gasteiger charge is 2.10. The highest BCUT2D eigenvalue weighted by molar-refractivity contribution is 5.41. The van der Waals surface area contributed by atoms with Crippen LogP contribution < -0.4 is 10.1 Å². The van der Waals surface area contributed by atoms with Crippen molar-refractivity contribution in [3.63, 3.8) is 0 Å². The highest BCUT2D eigenvalue weighted by Crippen LogP contribution is 2.26. The number of halogens is 1. The Morgan fingerprint density at radius 2 is 1.95 bits per heavy atom. The topological polar surface area (TPSA) is 47.0 Å². The predicted molar refractivity (Wildman–Crippen MR) is 76.9 cm³/mol. The van der Waals surface area contributed by atoms with Gasteiger partial charge in [0.15, 0.2) is 0 Å². The average molecular weight is 275 g/mol. The first-order valence-electron chi connectivity index (χ1n) is 6.50. The van der Waals surface area contributed by atoms with E-state index in [1.165, 1.54) is 12.1 Å². The van der Waals surface area contributed by atoms with Gasteiger partial charge < -0.3 is 10.1 Å². The summed E-state index contributed by atoms with van der Waals surface area (Å²) in [4.78, 5) is 8.74. The van der Waals surface area contributed by atoms with E-state index in [1.54, 1.807) is 26.1 Å². The largest absolute Gasteiger partial charge is 0.439 e. The number of benzene rings is 1. The van der Waals surface area contributed by atoms with Crippen molar-refractivity contribution in [1.29, 1.82) is 0 Å². The van der Waals surface area contributed by atoms with Crippen LogP contribution in [-0.4, -0.2) is 17.0 Å². The van der Waals surface area contributed by atoms with Crippen molar-refractivity contribution in [3.05, 3.63) is 41.5 Å². The first-order valence-corrected chi connectivity index (χ1v) is 6.50. The summed E-state index contributed by atoms with van der Waals surface area (Å²) >= 11 is 0. The third kappa shape index (κ3) is 3.23. The van der Waals surface area contributed by atoms with Crippen LogP contribution in [0.5, 0.6) is 11.6 Å². The summed E-state index contributed by atoms with van der Waals surface area (Å²) in [5, 5.41) is 2.98. The molecule has 5 heteroatoms. The number of anilines is 1. The van der Waals surface area contributed by atoms with E-state index in [0.717, 1.165) is 5.56 Å². The fraction of sp³-hybridized carbons (Fsp3) is 0.333. The summed E-state index contributed by atoms with van der Waals surface area (Å²) in [6.07, 6.45) is 0. The van der Waals surface area contributed by atoms with Crippen LogP contribution in [0.2, 0.25) is 0 Å². The maximum absolute atomic E-state index is 13.1. The Labute approximate surface area is 118 Å². The Kier molecular flexibility index (Phi) is 4.17. The van der Waals surface area contributed by atoms with Gasteiger partial charge in [0.2, 0.25) is 5.88 Å². The van der Waals surface area contributed by atoms with Gasteiger partial charge in [-0.05, 0) is 30.7 Å². The Hall–Kier alpha value is -2.17. The van der Waals surface area contributed by atoms with E-state index in [9.17, 15) is 4.39 Å². The fourth-order valence-corrected chi connectivity index (χ4v) is 1.72. The number of rotatable bonds is 4. The normalized spacial score (nSPS) is 10.7. The lowest BCUT2D eigenvalue weighted by Gasteiger charge is -2.12. The predicted octanol–water partition coefficient (Wildman–Crippen LogP) is 3.88. The van der Waals surface area contributed by atoms with Crippen LogP contribution in [0, 0.1) is 12.7 Å². The van der Waals surface area contributed by atoms with E-state index < -0.39 is 0 Å². The monoisotopic (exact) mass is 275 g/mol. The Bertz CT molecular complexity index is 614. The lowest BCUT2D eigenvalue weighted by Crippen LogP contribution is -2.03. The van der Waals surface area contributed by atoms with Crippen molar-refractivity contribution in [1.82, 2.24) is 9.97 Å². The van der Waals surface area contributed by atoms with Gasteiger partial charge >= 0.3 is 0 Å². The van der Waals surface area contributed by atoms with E-state index in [-0.39, 0.29) is 11.7 Å². The minimum atomic E-state index is -0.281. The van der Waals surface area contributed by atoms with Crippen molar-refractivity contribution >= 4 is 5.82 Å². The van der Waals surface area contributed by atoms with Crippen LogP contribution in [-0.2, 0) is 0 Å². The molecule has 0 aliphatic rings. The molecule has 0 aliphatic carbocycles. The molecule has 0 saturated carbocycles. The number of aryl methyl sites for hydroxylation is 1. The maximum Gasteiger partial charge on any atom is 0.224 e. The summed E-state index contributed by atoms with van der Waals surface area (Å²) in [6, 6.07) is 6.11. The van der Waals surface area contributed by atoms with Crippen molar-refractivity contribution in [2.24, 2.45) is 0 Å². The minimum absolute atomic E-state index is 0.194. The molecule has 0 saturated heterocycles. The number of ether oxygens (including phenoxy) is 1. The molecule has 2 rings (SSSR count). The minimum Gasteiger partial charge on any atom is -0.439 e. The van der Waals surface area contributed by atoms with Gasteiger partial charge in [-0.3, -0.25) is 0 Å². The standard InChI is InChI=1S/C15H18FN3O/c1-9(2)15-18-13(17-4)8-14(19-15)20-12-6-5-11(16)7-10(12)3/h5-9H,1-4H3,(H,17,18,19). The first-order chi connectivity index (χ1) is 9.49. The third-order valence-corrected chi connectivity index (χ3v) is 2.84. The molecular formula is C15H18FN3O. The maximum atomic E-state index is 13.1. The van der Waals surface area contributed by atoms with Crippen LogP contribution in [0.3, 0.4) is 0 Å². The van der Waals surface area contributed by atoms with E-state index in [1.807, 2.05) is 13.8 Å². The molecule has 106 valence electrons. The van der Waals surface area contributed by atoms with Gasteiger partial charge in [0.05, 0.1) is 0 Å². The van der Waals surface area contributed by atoms with Crippen LogP contribution >= 0.6 is 0 Å². The number of nitrogens with one attached hydrogen (secondary N) is 1. The molecule has 1 aromatic carbocycles. The SMILES string of the molecule is CNc1cc(Oc2ccc(F)cc2C)nc(C(C)C)n1. The van der Waals surface area contributed by atoms with E-state index in [4.69, 9.17) is 4.74 Å². The van der Waals surface area contributed by atoms with Crippen molar-refractivity contribution in [2.75, 3.05) is 12.4 Å². The molecule has 1 heterocycles. The second-order valence-corrected chi connectivity index (χ2v) is 4.87. The molecule has 4 nitrogen and oxygen atoms in total. The van der Waals surface area contributed by atoms with Crippen LogP contribution in [0.15, 0.2) is 24.3 Å².